The van der Waals surface area contributed by atoms with Gasteiger partial charge in [0.05, 0.1) is 10.9 Å². The van der Waals surface area contributed by atoms with Gasteiger partial charge in [0.25, 0.3) is 0 Å². The molecule has 0 bridgehead atoms. The number of nitrogens with one attached hydrogen (secondary N) is 3. The highest BCUT2D eigenvalue weighted by atomic mass is 32.2. The summed E-state index contributed by atoms with van der Waals surface area (Å²) in [6.07, 6.45) is 6.82. The third-order valence-corrected chi connectivity index (χ3v) is 8.12. The lowest BCUT2D eigenvalue weighted by molar-refractivity contribution is -0.117. The van der Waals surface area contributed by atoms with Crippen molar-refractivity contribution in [1.82, 2.24) is 9.97 Å². The van der Waals surface area contributed by atoms with E-state index in [0.29, 0.717) is 23.6 Å². The number of fused-ring (bicyclic) bond motifs is 1. The molecular weight excluding hydrogens is 412 g/mol. The zero-order valence-corrected chi connectivity index (χ0v) is 18.3. The number of aryl methyl sites for hydroxylation is 1. The van der Waals surface area contributed by atoms with Crippen LogP contribution in [0.5, 0.6) is 0 Å². The fourth-order valence-electron chi connectivity index (χ4n) is 3.99. The van der Waals surface area contributed by atoms with Crippen molar-refractivity contribution in [2.45, 2.75) is 50.7 Å². The Morgan fingerprint density at radius 2 is 1.97 bits per heavy atom. The van der Waals surface area contributed by atoms with Crippen LogP contribution in [0.25, 0.3) is 22.2 Å². The van der Waals surface area contributed by atoms with E-state index in [-0.39, 0.29) is 17.1 Å². The molecule has 1 aromatic carbocycles. The first-order chi connectivity index (χ1) is 14.9. The molecule has 2 saturated carbocycles. The van der Waals surface area contributed by atoms with E-state index in [1.165, 1.54) is 0 Å². The van der Waals surface area contributed by atoms with Gasteiger partial charge in [-0.1, -0.05) is 19.4 Å². The summed E-state index contributed by atoms with van der Waals surface area (Å²) in [5.41, 5.74) is 4.18. The summed E-state index contributed by atoms with van der Waals surface area (Å²) in [4.78, 5) is 19.9. The SMILES string of the molecule is CCc1cc(-c2cc(NC(=O)C3CC3)nc3[nH]ccc23)ccc1NS(=O)(=O)C1CCC1. The van der Waals surface area contributed by atoms with Gasteiger partial charge in [0.1, 0.15) is 11.5 Å². The number of hydrogen-bond donors (Lipinski definition) is 3. The summed E-state index contributed by atoms with van der Waals surface area (Å²) in [7, 11) is -3.35. The molecule has 2 aliphatic rings. The highest BCUT2D eigenvalue weighted by Gasteiger charge is 2.32. The second kappa shape index (κ2) is 7.67. The number of amides is 1. The molecule has 0 spiro atoms. The minimum Gasteiger partial charge on any atom is -0.346 e. The monoisotopic (exact) mass is 438 g/mol. The molecule has 2 fully saturated rings. The van der Waals surface area contributed by atoms with E-state index >= 15 is 0 Å². The number of carbonyl (C=O) groups excluding carboxylic acids is 1. The Kier molecular flexibility index (Phi) is 4.97. The quantitative estimate of drug-likeness (QED) is 0.507. The summed E-state index contributed by atoms with van der Waals surface area (Å²) in [5, 5.41) is 3.60. The molecule has 7 nitrogen and oxygen atoms in total. The van der Waals surface area contributed by atoms with E-state index in [2.05, 4.69) is 20.0 Å². The summed E-state index contributed by atoms with van der Waals surface area (Å²) in [6.45, 7) is 2.01. The van der Waals surface area contributed by atoms with Gasteiger partial charge in [0.2, 0.25) is 15.9 Å². The molecular formula is C23H26N4O3S. The van der Waals surface area contributed by atoms with Crippen LogP contribution in [0.3, 0.4) is 0 Å². The van der Waals surface area contributed by atoms with E-state index in [9.17, 15) is 13.2 Å². The third-order valence-electron chi connectivity index (χ3n) is 6.27. The van der Waals surface area contributed by atoms with Gasteiger partial charge in [-0.2, -0.15) is 0 Å². The van der Waals surface area contributed by atoms with Crippen LogP contribution in [0, 0.1) is 5.92 Å². The van der Waals surface area contributed by atoms with Crippen molar-refractivity contribution in [3.63, 3.8) is 0 Å². The van der Waals surface area contributed by atoms with Crippen LogP contribution in [0.2, 0.25) is 0 Å². The van der Waals surface area contributed by atoms with Gasteiger partial charge in [-0.05, 0) is 73.1 Å². The maximum absolute atomic E-state index is 12.6. The second-order valence-corrected chi connectivity index (χ2v) is 10.4. The van der Waals surface area contributed by atoms with Crippen LogP contribution in [-0.4, -0.2) is 29.5 Å². The van der Waals surface area contributed by atoms with Crippen molar-refractivity contribution < 1.29 is 13.2 Å². The molecule has 0 unspecified atom stereocenters. The predicted octanol–water partition coefficient (Wildman–Crippen LogP) is 4.44. The molecule has 3 N–H and O–H groups in total. The Morgan fingerprint density at radius 3 is 2.65 bits per heavy atom. The zero-order valence-electron chi connectivity index (χ0n) is 17.4. The largest absolute Gasteiger partial charge is 0.346 e. The predicted molar refractivity (Wildman–Crippen MR) is 122 cm³/mol. The Labute approximate surface area is 181 Å². The number of sulfonamides is 1. The average molecular weight is 439 g/mol. The number of nitrogens with zero attached hydrogens (tertiary/aromatic N) is 1. The maximum Gasteiger partial charge on any atom is 0.235 e. The van der Waals surface area contributed by atoms with Crippen LogP contribution in [0.1, 0.15) is 44.6 Å². The molecule has 0 radical (unpaired) electrons. The standard InChI is InChI=1S/C23H26N4O3S/c1-2-14-12-16(8-9-20(14)27-31(29,30)17-4-3-5-17)19-13-21(26-23(28)15-6-7-15)25-22-18(19)10-11-24-22/h8-13,15,17,27H,2-7H2,1H3,(H2,24,25,26,28). The minimum absolute atomic E-state index is 0.0133. The van der Waals surface area contributed by atoms with Crippen LogP contribution in [0.15, 0.2) is 36.5 Å². The van der Waals surface area contributed by atoms with Crippen molar-refractivity contribution in [2.75, 3.05) is 10.0 Å². The molecule has 3 aromatic rings. The molecule has 2 heterocycles. The minimum atomic E-state index is -3.35. The molecule has 0 saturated heterocycles. The van der Waals surface area contributed by atoms with Gasteiger partial charge >= 0.3 is 0 Å². The number of H-pyrrole nitrogens is 1. The molecule has 5 rings (SSSR count). The van der Waals surface area contributed by atoms with Crippen molar-refractivity contribution in [3.05, 3.63) is 42.1 Å². The second-order valence-electron chi connectivity index (χ2n) is 8.48. The first-order valence-electron chi connectivity index (χ1n) is 10.9. The van der Waals surface area contributed by atoms with Crippen molar-refractivity contribution in [3.8, 4) is 11.1 Å². The molecule has 1 amide bonds. The Morgan fingerprint density at radius 1 is 1.16 bits per heavy atom. The number of carbonyl (C=O) groups is 1. The van der Waals surface area contributed by atoms with Crippen LogP contribution < -0.4 is 10.0 Å². The highest BCUT2D eigenvalue weighted by Crippen LogP contribution is 2.35. The molecule has 8 heteroatoms. The lowest BCUT2D eigenvalue weighted by atomic mass is 9.99. The smallest absolute Gasteiger partial charge is 0.235 e. The molecule has 162 valence electrons. The van der Waals surface area contributed by atoms with Gasteiger partial charge in [0, 0.05) is 17.5 Å². The summed E-state index contributed by atoms with van der Waals surface area (Å²) in [5.74, 6) is 0.633. The van der Waals surface area contributed by atoms with Gasteiger partial charge < -0.3 is 10.3 Å². The maximum atomic E-state index is 12.6. The summed E-state index contributed by atoms with van der Waals surface area (Å²) < 4.78 is 28.0. The molecule has 0 aliphatic heterocycles. The topological polar surface area (TPSA) is 104 Å². The summed E-state index contributed by atoms with van der Waals surface area (Å²) >= 11 is 0. The van der Waals surface area contributed by atoms with Crippen LogP contribution in [-0.2, 0) is 21.2 Å². The normalized spacial score (nSPS) is 16.8. The third kappa shape index (κ3) is 3.92. The lowest BCUT2D eigenvalue weighted by Crippen LogP contribution is -2.33. The fraction of sp³-hybridized carbons (Fsp3) is 0.391. The van der Waals surface area contributed by atoms with E-state index in [1.54, 1.807) is 0 Å². The van der Waals surface area contributed by atoms with Crippen LogP contribution >= 0.6 is 0 Å². The molecule has 2 aliphatic carbocycles. The number of pyridine rings is 1. The van der Waals surface area contributed by atoms with E-state index in [4.69, 9.17) is 0 Å². The Hall–Kier alpha value is -2.87. The molecule has 0 atom stereocenters. The average Bonchev–Trinajstić information content (AvgIpc) is 3.44. The number of benzene rings is 1. The summed E-state index contributed by atoms with van der Waals surface area (Å²) in [6, 6.07) is 9.64. The lowest BCUT2D eigenvalue weighted by Gasteiger charge is -2.26. The number of anilines is 2. The number of rotatable bonds is 7. The van der Waals surface area contributed by atoms with Crippen molar-refractivity contribution in [1.29, 1.82) is 0 Å². The molecule has 31 heavy (non-hydrogen) atoms. The fourth-order valence-corrected chi connectivity index (χ4v) is 5.61. The Bertz CT molecular complexity index is 1260. The van der Waals surface area contributed by atoms with E-state index in [1.807, 2.05) is 43.5 Å². The van der Waals surface area contributed by atoms with Gasteiger partial charge in [-0.25, -0.2) is 13.4 Å². The molecule has 2 aromatic heterocycles. The van der Waals surface area contributed by atoms with Crippen molar-refractivity contribution >= 4 is 38.5 Å². The zero-order chi connectivity index (χ0) is 21.6. The number of hydrogen-bond acceptors (Lipinski definition) is 4. The van der Waals surface area contributed by atoms with Crippen LogP contribution in [0.4, 0.5) is 11.5 Å². The highest BCUT2D eigenvalue weighted by molar-refractivity contribution is 7.93. The first-order valence-corrected chi connectivity index (χ1v) is 12.4. The van der Waals surface area contributed by atoms with Gasteiger partial charge in [-0.3, -0.25) is 9.52 Å². The first kappa shape index (κ1) is 20.1. The Balaban J connectivity index is 1.50. The van der Waals surface area contributed by atoms with E-state index in [0.717, 1.165) is 54.2 Å². The van der Waals surface area contributed by atoms with Gasteiger partial charge in [-0.15, -0.1) is 0 Å². The number of aromatic amines is 1. The number of aromatic nitrogens is 2. The van der Waals surface area contributed by atoms with E-state index < -0.39 is 10.0 Å². The van der Waals surface area contributed by atoms with Crippen molar-refractivity contribution in [2.24, 2.45) is 5.92 Å². The van der Waals surface area contributed by atoms with Gasteiger partial charge in [0.15, 0.2) is 0 Å².